The van der Waals surface area contributed by atoms with Crippen LogP contribution in [-0.4, -0.2) is 66.3 Å². The smallest absolute Gasteiger partial charge is 0.264 e. The summed E-state index contributed by atoms with van der Waals surface area (Å²) in [6, 6.07) is 10.3. The summed E-state index contributed by atoms with van der Waals surface area (Å²) in [7, 11) is 3.02. The summed E-state index contributed by atoms with van der Waals surface area (Å²) in [5.41, 5.74) is 1.99. The molecule has 1 aliphatic rings. The Labute approximate surface area is 175 Å². The number of piperazine rings is 1. The van der Waals surface area contributed by atoms with Gasteiger partial charge < -0.3 is 19.4 Å². The molecule has 0 spiro atoms. The molecule has 3 aromatic rings. The number of anilines is 1. The lowest BCUT2D eigenvalue weighted by molar-refractivity contribution is 0.209. The summed E-state index contributed by atoms with van der Waals surface area (Å²) < 4.78 is 10.5. The van der Waals surface area contributed by atoms with Crippen LogP contribution in [0.15, 0.2) is 35.1 Å². The van der Waals surface area contributed by atoms with Gasteiger partial charge in [-0.25, -0.2) is 4.98 Å². The van der Waals surface area contributed by atoms with Gasteiger partial charge in [0.2, 0.25) is 5.88 Å². The predicted octanol–water partition coefficient (Wildman–Crippen LogP) is 2.53. The first-order valence-electron chi connectivity index (χ1n) is 10.1. The fourth-order valence-electron chi connectivity index (χ4n) is 3.81. The number of hydrogen-bond acceptors (Lipinski definition) is 7. The zero-order valence-corrected chi connectivity index (χ0v) is 17.8. The van der Waals surface area contributed by atoms with E-state index in [4.69, 9.17) is 9.47 Å². The SMILES string of the molecule is COc1cc(OC)c2c(=O)[nH]c(-c3ccc(N4CCN(C(C)C)CC4)cc3)nc2n1. The zero-order valence-electron chi connectivity index (χ0n) is 17.8. The molecule has 4 rings (SSSR count). The molecule has 1 fully saturated rings. The average Bonchev–Trinajstić information content (AvgIpc) is 2.78. The molecule has 0 unspecified atom stereocenters. The van der Waals surface area contributed by atoms with Crippen LogP contribution in [0.2, 0.25) is 0 Å². The van der Waals surface area contributed by atoms with E-state index in [1.165, 1.54) is 19.9 Å². The number of pyridine rings is 1. The zero-order chi connectivity index (χ0) is 21.3. The van der Waals surface area contributed by atoms with Crippen molar-refractivity contribution in [2.45, 2.75) is 19.9 Å². The highest BCUT2D eigenvalue weighted by Gasteiger charge is 2.19. The molecule has 0 radical (unpaired) electrons. The number of aromatic amines is 1. The standard InChI is InChI=1S/C22H27N5O3/c1-14(2)26-9-11-27(12-10-26)16-7-5-15(6-8-16)20-24-21-19(22(28)25-20)17(29-3)13-18(23-21)30-4/h5-8,13-14H,9-12H2,1-4H3,(H,23,24,25,28). The Morgan fingerprint density at radius 3 is 2.30 bits per heavy atom. The number of aromatic nitrogens is 3. The molecule has 0 aliphatic carbocycles. The molecule has 1 aromatic carbocycles. The molecular weight excluding hydrogens is 382 g/mol. The van der Waals surface area contributed by atoms with E-state index < -0.39 is 0 Å². The van der Waals surface area contributed by atoms with Gasteiger partial charge in [-0.1, -0.05) is 0 Å². The molecule has 158 valence electrons. The molecule has 2 aromatic heterocycles. The van der Waals surface area contributed by atoms with Gasteiger partial charge in [0.25, 0.3) is 5.56 Å². The Morgan fingerprint density at radius 2 is 1.70 bits per heavy atom. The van der Waals surface area contributed by atoms with Crippen molar-refractivity contribution in [1.82, 2.24) is 19.9 Å². The second-order valence-corrected chi connectivity index (χ2v) is 7.64. The quantitative estimate of drug-likeness (QED) is 0.693. The van der Waals surface area contributed by atoms with Gasteiger partial charge in [-0.3, -0.25) is 9.69 Å². The maximum absolute atomic E-state index is 12.7. The van der Waals surface area contributed by atoms with E-state index in [0.717, 1.165) is 31.7 Å². The van der Waals surface area contributed by atoms with Gasteiger partial charge in [0.1, 0.15) is 17.0 Å². The minimum atomic E-state index is -0.295. The maximum Gasteiger partial charge on any atom is 0.264 e. The van der Waals surface area contributed by atoms with Crippen LogP contribution in [0.25, 0.3) is 22.4 Å². The lowest BCUT2D eigenvalue weighted by Crippen LogP contribution is -2.48. The first-order chi connectivity index (χ1) is 14.5. The summed E-state index contributed by atoms with van der Waals surface area (Å²) in [4.78, 5) is 29.3. The van der Waals surface area contributed by atoms with Crippen molar-refractivity contribution >= 4 is 16.7 Å². The van der Waals surface area contributed by atoms with Crippen LogP contribution in [0.3, 0.4) is 0 Å². The van der Waals surface area contributed by atoms with Crippen LogP contribution < -0.4 is 19.9 Å². The minimum absolute atomic E-state index is 0.291. The Balaban J connectivity index is 1.62. The molecule has 0 atom stereocenters. The van der Waals surface area contributed by atoms with Crippen molar-refractivity contribution in [3.8, 4) is 23.0 Å². The first-order valence-corrected chi connectivity index (χ1v) is 10.1. The molecular formula is C22H27N5O3. The molecule has 30 heavy (non-hydrogen) atoms. The van der Waals surface area contributed by atoms with Gasteiger partial charge in [-0.2, -0.15) is 4.98 Å². The van der Waals surface area contributed by atoms with Crippen molar-refractivity contribution in [3.63, 3.8) is 0 Å². The van der Waals surface area contributed by atoms with Gasteiger partial charge >= 0.3 is 0 Å². The van der Waals surface area contributed by atoms with Crippen LogP contribution in [0.5, 0.6) is 11.6 Å². The van der Waals surface area contributed by atoms with Crippen LogP contribution in [0.4, 0.5) is 5.69 Å². The second kappa shape index (κ2) is 8.31. The van der Waals surface area contributed by atoms with E-state index in [0.29, 0.717) is 34.5 Å². The first kappa shape index (κ1) is 20.2. The Morgan fingerprint density at radius 1 is 1.00 bits per heavy atom. The maximum atomic E-state index is 12.7. The highest BCUT2D eigenvalue weighted by molar-refractivity contribution is 5.83. The molecule has 8 heteroatoms. The Bertz CT molecular complexity index is 1090. The highest BCUT2D eigenvalue weighted by Crippen LogP contribution is 2.27. The van der Waals surface area contributed by atoms with Crippen LogP contribution >= 0.6 is 0 Å². The lowest BCUT2D eigenvalue weighted by Gasteiger charge is -2.38. The van der Waals surface area contributed by atoms with Crippen LogP contribution in [0.1, 0.15) is 13.8 Å². The summed E-state index contributed by atoms with van der Waals surface area (Å²) in [5.74, 6) is 1.19. The number of methoxy groups -OCH3 is 2. The fraction of sp³-hybridized carbons (Fsp3) is 0.409. The number of nitrogens with one attached hydrogen (secondary N) is 1. The van der Waals surface area contributed by atoms with E-state index in [9.17, 15) is 4.79 Å². The second-order valence-electron chi connectivity index (χ2n) is 7.64. The van der Waals surface area contributed by atoms with Gasteiger partial charge in [0.05, 0.1) is 14.2 Å². The third-order valence-electron chi connectivity index (χ3n) is 5.60. The third kappa shape index (κ3) is 3.82. The molecule has 1 saturated heterocycles. The van der Waals surface area contributed by atoms with Gasteiger partial charge in [-0.05, 0) is 38.1 Å². The number of nitrogens with zero attached hydrogens (tertiary/aromatic N) is 4. The number of H-pyrrole nitrogens is 1. The van der Waals surface area contributed by atoms with Crippen LogP contribution in [-0.2, 0) is 0 Å². The summed E-state index contributed by atoms with van der Waals surface area (Å²) in [5, 5.41) is 0.307. The van der Waals surface area contributed by atoms with Crippen molar-refractivity contribution in [2.24, 2.45) is 0 Å². The summed E-state index contributed by atoms with van der Waals surface area (Å²) >= 11 is 0. The molecule has 1 aliphatic heterocycles. The summed E-state index contributed by atoms with van der Waals surface area (Å²) in [6.45, 7) is 8.62. The van der Waals surface area contributed by atoms with Gasteiger partial charge in [0.15, 0.2) is 5.65 Å². The molecule has 0 amide bonds. The summed E-state index contributed by atoms with van der Waals surface area (Å²) in [6.07, 6.45) is 0. The molecule has 8 nitrogen and oxygen atoms in total. The topological polar surface area (TPSA) is 83.6 Å². The highest BCUT2D eigenvalue weighted by atomic mass is 16.5. The molecule has 0 saturated carbocycles. The van der Waals surface area contributed by atoms with Crippen molar-refractivity contribution in [1.29, 1.82) is 0 Å². The molecule has 0 bridgehead atoms. The van der Waals surface area contributed by atoms with Gasteiger partial charge in [0, 0.05) is 49.5 Å². The number of fused-ring (bicyclic) bond motifs is 1. The van der Waals surface area contributed by atoms with E-state index in [-0.39, 0.29) is 5.56 Å². The van der Waals surface area contributed by atoms with Crippen molar-refractivity contribution < 1.29 is 9.47 Å². The number of rotatable bonds is 5. The number of benzene rings is 1. The fourth-order valence-corrected chi connectivity index (χ4v) is 3.81. The molecule has 3 heterocycles. The number of ether oxygens (including phenoxy) is 2. The lowest BCUT2D eigenvalue weighted by atomic mass is 10.1. The van der Waals surface area contributed by atoms with E-state index in [1.807, 2.05) is 12.1 Å². The average molecular weight is 409 g/mol. The van der Waals surface area contributed by atoms with E-state index in [2.05, 4.69) is 50.7 Å². The van der Waals surface area contributed by atoms with E-state index >= 15 is 0 Å². The third-order valence-corrected chi connectivity index (χ3v) is 5.60. The number of hydrogen-bond donors (Lipinski definition) is 1. The molecule has 1 N–H and O–H groups in total. The minimum Gasteiger partial charge on any atom is -0.496 e. The van der Waals surface area contributed by atoms with Crippen molar-refractivity contribution in [2.75, 3.05) is 45.3 Å². The monoisotopic (exact) mass is 409 g/mol. The van der Waals surface area contributed by atoms with E-state index in [1.54, 1.807) is 6.07 Å². The Hall–Kier alpha value is -3.13. The van der Waals surface area contributed by atoms with Crippen LogP contribution in [0, 0.1) is 0 Å². The predicted molar refractivity (Wildman–Crippen MR) is 118 cm³/mol. The van der Waals surface area contributed by atoms with Crippen molar-refractivity contribution in [3.05, 3.63) is 40.7 Å². The Kier molecular flexibility index (Phi) is 5.59. The normalized spacial score (nSPS) is 15.0. The van der Waals surface area contributed by atoms with Gasteiger partial charge in [-0.15, -0.1) is 0 Å². The largest absolute Gasteiger partial charge is 0.496 e.